The average molecular weight is 600 g/mol. The maximum absolute atomic E-state index is 14.0. The predicted octanol–water partition coefficient (Wildman–Crippen LogP) is 5.54. The highest BCUT2D eigenvalue weighted by Gasteiger charge is 2.44. The highest BCUT2D eigenvalue weighted by atomic mass is 16.6. The van der Waals surface area contributed by atoms with Gasteiger partial charge < -0.3 is 23.7 Å². The lowest BCUT2D eigenvalue weighted by Gasteiger charge is -2.36. The number of hydrogen-bond donors (Lipinski definition) is 0. The number of esters is 1. The highest BCUT2D eigenvalue weighted by Crippen LogP contribution is 2.44. The van der Waals surface area contributed by atoms with Gasteiger partial charge in [-0.2, -0.15) is 10.0 Å². The van der Waals surface area contributed by atoms with Crippen LogP contribution in [0.15, 0.2) is 78.5 Å². The van der Waals surface area contributed by atoms with E-state index in [2.05, 4.69) is 0 Å². The molecule has 0 saturated carbocycles. The van der Waals surface area contributed by atoms with Crippen LogP contribution in [0.25, 0.3) is 17.0 Å². The first kappa shape index (κ1) is 29.7. The minimum atomic E-state index is -1.09. The molecule has 1 aromatic heterocycles. The minimum absolute atomic E-state index is 0.0646. The molecule has 5 rings (SSSR count). The normalized spacial score (nSPS) is 12.2. The molecule has 0 fully saturated rings. The molecule has 1 aliphatic heterocycles. The molecule has 0 radical (unpaired) electrons. The molecule has 0 saturated heterocycles. The smallest absolute Gasteiger partial charge is 0.435 e. The Morgan fingerprint density at radius 2 is 1.23 bits per heavy atom. The minimum Gasteiger partial charge on any atom is -0.493 e. The topological polar surface area (TPSA) is 126 Å². The summed E-state index contributed by atoms with van der Waals surface area (Å²) < 4.78 is 28.3. The Hall–Kier alpha value is -5.78. The van der Waals surface area contributed by atoms with Gasteiger partial charge in [-0.3, -0.25) is 9.36 Å². The summed E-state index contributed by atoms with van der Waals surface area (Å²) in [5.41, 5.74) is 1.55. The van der Waals surface area contributed by atoms with Crippen molar-refractivity contribution >= 4 is 46.9 Å². The lowest BCUT2D eigenvalue weighted by molar-refractivity contribution is -0.137. The Kier molecular flexibility index (Phi) is 8.51. The van der Waals surface area contributed by atoms with E-state index in [1.807, 2.05) is 12.1 Å². The Morgan fingerprint density at radius 1 is 0.705 bits per heavy atom. The SMILES string of the molecule is COC(=O)C1=Cc2c(n(C(C)=O)c3cc(OC)c(OC)cc23)N(C(=O)OCc2ccccc2)N1C(=O)OCc1ccccc1. The molecule has 0 spiro atoms. The second-order valence-electron chi connectivity index (χ2n) is 9.54. The van der Waals surface area contributed by atoms with Crippen LogP contribution in [0.2, 0.25) is 0 Å². The number of methoxy groups -OCH3 is 3. The third-order valence-electron chi connectivity index (χ3n) is 6.86. The van der Waals surface area contributed by atoms with Crippen LogP contribution in [0.5, 0.6) is 11.5 Å². The molecule has 12 nitrogen and oxygen atoms in total. The number of hydrazine groups is 1. The quantitative estimate of drug-likeness (QED) is 0.199. The molecule has 0 aliphatic carbocycles. The number of amides is 2. The zero-order chi connectivity index (χ0) is 31.4. The average Bonchev–Trinajstić information content (AvgIpc) is 3.38. The van der Waals surface area contributed by atoms with Crippen molar-refractivity contribution in [2.24, 2.45) is 0 Å². The van der Waals surface area contributed by atoms with Crippen LogP contribution in [0.3, 0.4) is 0 Å². The molecule has 0 atom stereocenters. The fourth-order valence-corrected chi connectivity index (χ4v) is 4.85. The number of ether oxygens (including phenoxy) is 5. The highest BCUT2D eigenvalue weighted by molar-refractivity contribution is 6.13. The molecule has 1 aliphatic rings. The first-order chi connectivity index (χ1) is 21.3. The summed E-state index contributed by atoms with van der Waals surface area (Å²) in [6.45, 7) is 0.952. The number of anilines is 1. The molecular formula is C32H29N3O9. The lowest BCUT2D eigenvalue weighted by Crippen LogP contribution is -2.53. The largest absolute Gasteiger partial charge is 0.493 e. The first-order valence-electron chi connectivity index (χ1n) is 13.4. The van der Waals surface area contributed by atoms with Crippen LogP contribution in [0.1, 0.15) is 28.4 Å². The molecule has 3 aromatic carbocycles. The Morgan fingerprint density at radius 3 is 1.73 bits per heavy atom. The first-order valence-corrected chi connectivity index (χ1v) is 13.4. The molecule has 44 heavy (non-hydrogen) atoms. The maximum Gasteiger partial charge on any atom is 0.435 e. The van der Waals surface area contributed by atoms with Crippen molar-refractivity contribution in [3.63, 3.8) is 0 Å². The van der Waals surface area contributed by atoms with Crippen LogP contribution >= 0.6 is 0 Å². The van der Waals surface area contributed by atoms with Gasteiger partial charge >= 0.3 is 18.2 Å². The van der Waals surface area contributed by atoms with Crippen molar-refractivity contribution in [3.05, 3.63) is 95.2 Å². The molecular weight excluding hydrogens is 570 g/mol. The molecule has 12 heteroatoms. The summed E-state index contributed by atoms with van der Waals surface area (Å²) in [4.78, 5) is 54.1. The summed E-state index contributed by atoms with van der Waals surface area (Å²) >= 11 is 0. The van der Waals surface area contributed by atoms with Crippen molar-refractivity contribution in [2.75, 3.05) is 26.3 Å². The van der Waals surface area contributed by atoms with Gasteiger partial charge in [-0.25, -0.2) is 14.4 Å². The molecule has 226 valence electrons. The van der Waals surface area contributed by atoms with Crippen molar-refractivity contribution < 1.29 is 42.9 Å². The summed E-state index contributed by atoms with van der Waals surface area (Å²) in [6.07, 6.45) is -0.812. The van der Waals surface area contributed by atoms with E-state index < -0.39 is 24.1 Å². The fraction of sp³-hybridized carbons (Fsp3) is 0.188. The number of rotatable bonds is 7. The fourth-order valence-electron chi connectivity index (χ4n) is 4.85. The Labute approximate surface area is 252 Å². The number of aromatic nitrogens is 1. The second kappa shape index (κ2) is 12.6. The number of benzene rings is 3. The van der Waals surface area contributed by atoms with Gasteiger partial charge in [-0.15, -0.1) is 0 Å². The van der Waals surface area contributed by atoms with Gasteiger partial charge in [-0.05, 0) is 23.3 Å². The molecule has 2 amide bonds. The molecule has 2 heterocycles. The number of nitrogens with zero attached hydrogens (tertiary/aromatic N) is 3. The Balaban J connectivity index is 1.71. The van der Waals surface area contributed by atoms with E-state index in [0.717, 1.165) is 12.1 Å². The number of carbonyl (C=O) groups is 4. The van der Waals surface area contributed by atoms with E-state index in [1.165, 1.54) is 31.8 Å². The number of fused-ring (bicyclic) bond motifs is 3. The second-order valence-corrected chi connectivity index (χ2v) is 9.54. The van der Waals surface area contributed by atoms with E-state index in [0.29, 0.717) is 38.5 Å². The van der Waals surface area contributed by atoms with Crippen molar-refractivity contribution in [1.29, 1.82) is 0 Å². The maximum atomic E-state index is 14.0. The van der Waals surface area contributed by atoms with Crippen LogP contribution in [0, 0.1) is 0 Å². The van der Waals surface area contributed by atoms with Gasteiger partial charge in [0, 0.05) is 23.9 Å². The standard InChI is InChI=1S/C32H29N3O9/c1-20(36)33-25-17-28(41-3)27(40-2)16-23(25)24-15-26(30(37)42-4)34(31(38)43-18-21-11-7-5-8-12-21)35(29(24)33)32(39)44-19-22-13-9-6-10-14-22/h5-17H,18-19H2,1-4H3. The number of hydrogen-bond acceptors (Lipinski definition) is 9. The van der Waals surface area contributed by atoms with Crippen molar-refractivity contribution in [2.45, 2.75) is 20.1 Å². The van der Waals surface area contributed by atoms with Crippen LogP contribution < -0.4 is 14.5 Å². The van der Waals surface area contributed by atoms with Crippen LogP contribution in [0.4, 0.5) is 15.4 Å². The molecule has 0 N–H and O–H groups in total. The van der Waals surface area contributed by atoms with Gasteiger partial charge in [0.05, 0.1) is 26.8 Å². The molecule has 4 aromatic rings. The summed E-state index contributed by atoms with van der Waals surface area (Å²) in [5, 5.41) is 1.93. The zero-order valence-electron chi connectivity index (χ0n) is 24.4. The predicted molar refractivity (Wildman–Crippen MR) is 159 cm³/mol. The van der Waals surface area contributed by atoms with Crippen LogP contribution in [-0.2, 0) is 32.2 Å². The summed E-state index contributed by atoms with van der Waals surface area (Å²) in [5.74, 6) is -0.870. The van der Waals surface area contributed by atoms with E-state index in [1.54, 1.807) is 60.7 Å². The van der Waals surface area contributed by atoms with E-state index >= 15 is 0 Å². The van der Waals surface area contributed by atoms with E-state index in [-0.39, 0.29) is 30.3 Å². The van der Waals surface area contributed by atoms with Gasteiger partial charge in [-0.1, -0.05) is 60.7 Å². The molecule has 0 bridgehead atoms. The van der Waals surface area contributed by atoms with E-state index in [9.17, 15) is 19.2 Å². The van der Waals surface area contributed by atoms with Crippen LogP contribution in [-0.4, -0.2) is 55.0 Å². The van der Waals surface area contributed by atoms with Gasteiger partial charge in [0.15, 0.2) is 23.0 Å². The third-order valence-corrected chi connectivity index (χ3v) is 6.86. The van der Waals surface area contributed by atoms with Gasteiger partial charge in [0.1, 0.15) is 13.2 Å². The van der Waals surface area contributed by atoms with Crippen molar-refractivity contribution in [3.8, 4) is 11.5 Å². The number of carbonyl (C=O) groups excluding carboxylic acids is 4. The van der Waals surface area contributed by atoms with Crippen molar-refractivity contribution in [1.82, 2.24) is 9.58 Å². The summed E-state index contributed by atoms with van der Waals surface area (Å²) in [6, 6.07) is 20.9. The Bertz CT molecular complexity index is 1760. The third kappa shape index (κ3) is 5.52. The van der Waals surface area contributed by atoms with E-state index in [4.69, 9.17) is 23.7 Å². The zero-order valence-corrected chi connectivity index (χ0v) is 24.4. The summed E-state index contributed by atoms with van der Waals surface area (Å²) in [7, 11) is 4.03. The monoisotopic (exact) mass is 599 g/mol. The molecule has 0 unspecified atom stereocenters. The van der Waals surface area contributed by atoms with Gasteiger partial charge in [0.2, 0.25) is 5.91 Å². The van der Waals surface area contributed by atoms with Gasteiger partial charge in [0.25, 0.3) is 0 Å². The lowest BCUT2D eigenvalue weighted by atomic mass is 10.1.